The standard InChI is InChI=1S/C23H20F4N6O2/c1-35-17-4-3-13(19(26)20(17)27)16-11-31-22-21(29-7-8-33(16)22)32-12-9-14(24)18(15(25)10-12)23(34)30-6-2-5-28/h3-4,7-11H,2,5-6,28H2,1H3,(H,29,32)(H,30,34). The molecule has 12 heteroatoms. The van der Waals surface area contributed by atoms with Gasteiger partial charge in [0, 0.05) is 30.2 Å². The van der Waals surface area contributed by atoms with Crippen molar-refractivity contribution in [3.8, 4) is 17.0 Å². The van der Waals surface area contributed by atoms with Gasteiger partial charge in [0.25, 0.3) is 5.91 Å². The third-order valence-electron chi connectivity index (χ3n) is 5.17. The normalized spacial score (nSPS) is 11.0. The number of anilines is 2. The number of methoxy groups -OCH3 is 1. The molecule has 2 heterocycles. The molecular weight excluding hydrogens is 468 g/mol. The minimum atomic E-state index is -1.15. The SMILES string of the molecule is COc1ccc(-c2cnc3c(Nc4cc(F)c(C(=O)NCCCN)c(F)c4)nccn23)c(F)c1F. The van der Waals surface area contributed by atoms with Gasteiger partial charge in [-0.2, -0.15) is 4.39 Å². The fourth-order valence-corrected chi connectivity index (χ4v) is 3.49. The summed E-state index contributed by atoms with van der Waals surface area (Å²) in [6, 6.07) is 4.51. The minimum absolute atomic E-state index is 0.0367. The van der Waals surface area contributed by atoms with E-state index in [0.29, 0.717) is 13.0 Å². The van der Waals surface area contributed by atoms with Crippen LogP contribution in [0.2, 0.25) is 0 Å². The van der Waals surface area contributed by atoms with E-state index < -0.39 is 34.7 Å². The van der Waals surface area contributed by atoms with Crippen molar-refractivity contribution in [2.24, 2.45) is 5.73 Å². The van der Waals surface area contributed by atoms with E-state index in [1.54, 1.807) is 0 Å². The van der Waals surface area contributed by atoms with Crippen LogP contribution in [0.5, 0.6) is 5.75 Å². The number of hydrogen-bond donors (Lipinski definition) is 3. The van der Waals surface area contributed by atoms with Gasteiger partial charge in [0.2, 0.25) is 5.82 Å². The molecule has 0 fully saturated rings. The van der Waals surface area contributed by atoms with E-state index in [1.165, 1.54) is 42.2 Å². The van der Waals surface area contributed by atoms with Gasteiger partial charge in [0.1, 0.15) is 17.2 Å². The molecule has 35 heavy (non-hydrogen) atoms. The zero-order valence-electron chi connectivity index (χ0n) is 18.4. The lowest BCUT2D eigenvalue weighted by Crippen LogP contribution is -2.27. The van der Waals surface area contributed by atoms with Crippen molar-refractivity contribution in [2.45, 2.75) is 6.42 Å². The third-order valence-corrected chi connectivity index (χ3v) is 5.17. The van der Waals surface area contributed by atoms with Crippen molar-refractivity contribution in [3.63, 3.8) is 0 Å². The van der Waals surface area contributed by atoms with Crippen molar-refractivity contribution in [3.05, 3.63) is 71.7 Å². The Morgan fingerprint density at radius 3 is 2.54 bits per heavy atom. The number of carbonyl (C=O) groups is 1. The molecule has 0 aliphatic heterocycles. The van der Waals surface area contributed by atoms with Crippen LogP contribution < -0.4 is 21.1 Å². The highest BCUT2D eigenvalue weighted by Crippen LogP contribution is 2.31. The van der Waals surface area contributed by atoms with E-state index in [-0.39, 0.29) is 40.7 Å². The van der Waals surface area contributed by atoms with Gasteiger partial charge in [-0.1, -0.05) is 0 Å². The van der Waals surface area contributed by atoms with Gasteiger partial charge in [-0.05, 0) is 37.2 Å². The lowest BCUT2D eigenvalue weighted by atomic mass is 10.1. The minimum Gasteiger partial charge on any atom is -0.494 e. The molecule has 0 aliphatic carbocycles. The lowest BCUT2D eigenvalue weighted by molar-refractivity contribution is 0.0945. The van der Waals surface area contributed by atoms with Gasteiger partial charge >= 0.3 is 0 Å². The Labute approximate surface area is 196 Å². The molecule has 2 aromatic carbocycles. The number of amides is 1. The number of nitrogens with zero attached hydrogens (tertiary/aromatic N) is 3. The molecule has 0 bridgehead atoms. The first-order valence-electron chi connectivity index (χ1n) is 10.4. The number of halogens is 4. The van der Waals surface area contributed by atoms with Crippen molar-refractivity contribution in [1.82, 2.24) is 19.7 Å². The summed E-state index contributed by atoms with van der Waals surface area (Å²) < 4.78 is 64.2. The summed E-state index contributed by atoms with van der Waals surface area (Å²) in [5.74, 6) is -5.48. The number of ether oxygens (including phenoxy) is 1. The number of nitrogens with one attached hydrogen (secondary N) is 2. The number of rotatable bonds is 8. The monoisotopic (exact) mass is 488 g/mol. The van der Waals surface area contributed by atoms with E-state index >= 15 is 0 Å². The van der Waals surface area contributed by atoms with Crippen LogP contribution in [-0.2, 0) is 0 Å². The lowest BCUT2D eigenvalue weighted by Gasteiger charge is -2.11. The molecule has 4 N–H and O–H groups in total. The summed E-state index contributed by atoms with van der Waals surface area (Å²) in [6.45, 7) is 0.503. The van der Waals surface area contributed by atoms with E-state index in [2.05, 4.69) is 20.6 Å². The van der Waals surface area contributed by atoms with Crippen LogP contribution in [0.4, 0.5) is 29.1 Å². The number of carbonyl (C=O) groups excluding carboxylic acids is 1. The van der Waals surface area contributed by atoms with Crippen LogP contribution in [0.1, 0.15) is 16.8 Å². The van der Waals surface area contributed by atoms with E-state index in [0.717, 1.165) is 12.1 Å². The highest BCUT2D eigenvalue weighted by Gasteiger charge is 2.21. The number of aromatic nitrogens is 3. The summed E-state index contributed by atoms with van der Waals surface area (Å²) in [7, 11) is 1.22. The summed E-state index contributed by atoms with van der Waals surface area (Å²) >= 11 is 0. The maximum atomic E-state index is 14.6. The maximum Gasteiger partial charge on any atom is 0.257 e. The summed E-state index contributed by atoms with van der Waals surface area (Å²) in [6.07, 6.45) is 4.59. The maximum absolute atomic E-state index is 14.6. The van der Waals surface area contributed by atoms with Gasteiger partial charge in [0.05, 0.1) is 19.0 Å². The Morgan fingerprint density at radius 1 is 1.11 bits per heavy atom. The zero-order chi connectivity index (χ0) is 25.1. The van der Waals surface area contributed by atoms with Crippen LogP contribution in [-0.4, -0.2) is 40.5 Å². The number of benzene rings is 2. The molecule has 0 radical (unpaired) electrons. The quantitative estimate of drug-likeness (QED) is 0.258. The van der Waals surface area contributed by atoms with Crippen molar-refractivity contribution in [1.29, 1.82) is 0 Å². The van der Waals surface area contributed by atoms with Crippen molar-refractivity contribution >= 4 is 23.1 Å². The van der Waals surface area contributed by atoms with E-state index in [4.69, 9.17) is 10.5 Å². The molecule has 0 aliphatic rings. The van der Waals surface area contributed by atoms with Crippen LogP contribution in [0.3, 0.4) is 0 Å². The van der Waals surface area contributed by atoms with E-state index in [1.807, 2.05) is 0 Å². The summed E-state index contributed by atoms with van der Waals surface area (Å²) in [5.41, 5.74) is 4.91. The van der Waals surface area contributed by atoms with Gasteiger partial charge in [-0.3, -0.25) is 9.20 Å². The molecule has 4 aromatic rings. The molecule has 182 valence electrons. The molecule has 8 nitrogen and oxygen atoms in total. The molecule has 0 spiro atoms. The topological polar surface area (TPSA) is 107 Å². The Morgan fingerprint density at radius 2 is 1.86 bits per heavy atom. The Bertz CT molecular complexity index is 1390. The van der Waals surface area contributed by atoms with Gasteiger partial charge in [-0.15, -0.1) is 0 Å². The van der Waals surface area contributed by atoms with Crippen LogP contribution in [0, 0.1) is 23.3 Å². The average Bonchev–Trinajstić information content (AvgIpc) is 3.25. The predicted molar refractivity (Wildman–Crippen MR) is 121 cm³/mol. The molecule has 1 amide bonds. The molecule has 0 atom stereocenters. The first kappa shape index (κ1) is 24.0. The average molecular weight is 488 g/mol. The van der Waals surface area contributed by atoms with E-state index in [9.17, 15) is 22.4 Å². The van der Waals surface area contributed by atoms with Crippen molar-refractivity contribution < 1.29 is 27.1 Å². The van der Waals surface area contributed by atoms with Gasteiger partial charge in [-0.25, -0.2) is 23.1 Å². The van der Waals surface area contributed by atoms with Gasteiger partial charge < -0.3 is 21.1 Å². The Balaban J connectivity index is 1.66. The first-order valence-corrected chi connectivity index (χ1v) is 10.4. The smallest absolute Gasteiger partial charge is 0.257 e. The highest BCUT2D eigenvalue weighted by molar-refractivity contribution is 5.95. The third kappa shape index (κ3) is 4.60. The second-order valence-corrected chi connectivity index (χ2v) is 7.39. The van der Waals surface area contributed by atoms with Crippen LogP contribution >= 0.6 is 0 Å². The number of nitrogens with two attached hydrogens (primary N) is 1. The Kier molecular flexibility index (Phi) is 6.82. The summed E-state index contributed by atoms with van der Waals surface area (Å²) in [4.78, 5) is 20.4. The predicted octanol–water partition coefficient (Wildman–Crippen LogP) is 3.78. The highest BCUT2D eigenvalue weighted by atomic mass is 19.2. The second-order valence-electron chi connectivity index (χ2n) is 7.39. The number of hydrogen-bond acceptors (Lipinski definition) is 6. The second kappa shape index (κ2) is 9.97. The fourth-order valence-electron chi connectivity index (χ4n) is 3.49. The molecule has 0 saturated heterocycles. The van der Waals surface area contributed by atoms with Crippen LogP contribution in [0.15, 0.2) is 42.9 Å². The molecule has 0 saturated carbocycles. The largest absolute Gasteiger partial charge is 0.494 e. The van der Waals surface area contributed by atoms with Crippen molar-refractivity contribution in [2.75, 3.05) is 25.5 Å². The number of fused-ring (bicyclic) bond motifs is 1. The molecular formula is C23H20F4N6O2. The first-order chi connectivity index (χ1) is 16.8. The summed E-state index contributed by atoms with van der Waals surface area (Å²) in [5, 5.41) is 5.14. The fraction of sp³-hybridized carbons (Fsp3) is 0.174. The zero-order valence-corrected chi connectivity index (χ0v) is 18.4. The molecule has 2 aromatic heterocycles. The van der Waals surface area contributed by atoms with Crippen LogP contribution in [0.25, 0.3) is 16.9 Å². The van der Waals surface area contributed by atoms with Gasteiger partial charge in [0.15, 0.2) is 23.0 Å². The molecule has 0 unspecified atom stereocenters. The molecule has 4 rings (SSSR count). The number of imidazole rings is 1. The Hall–Kier alpha value is -4.19.